The number of rotatable bonds is 7. The SMILES string of the molecule is COc1ccc(CCN2C(=O)/C(=C\c3c(Oc4cc(C)cc(C)c4)nc4ccccn4c3=O)SC2=S)cc1. The lowest BCUT2D eigenvalue weighted by Gasteiger charge is -2.14. The maximum absolute atomic E-state index is 13.5. The van der Waals surface area contributed by atoms with E-state index in [1.165, 1.54) is 16.2 Å². The highest BCUT2D eigenvalue weighted by molar-refractivity contribution is 8.26. The van der Waals surface area contributed by atoms with Gasteiger partial charge in [0.2, 0.25) is 5.88 Å². The molecular weight excluding hydrogens is 518 g/mol. The molecule has 0 spiro atoms. The van der Waals surface area contributed by atoms with E-state index in [1.54, 1.807) is 42.5 Å². The van der Waals surface area contributed by atoms with E-state index in [4.69, 9.17) is 21.7 Å². The Morgan fingerprint density at radius 1 is 1.00 bits per heavy atom. The van der Waals surface area contributed by atoms with Crippen LogP contribution in [0.3, 0.4) is 0 Å². The second-order valence-electron chi connectivity index (χ2n) is 8.92. The molecule has 1 saturated heterocycles. The number of hydrogen-bond acceptors (Lipinski definition) is 7. The van der Waals surface area contributed by atoms with Gasteiger partial charge in [-0.3, -0.25) is 18.9 Å². The normalized spacial score (nSPS) is 14.5. The van der Waals surface area contributed by atoms with Crippen LogP contribution in [0, 0.1) is 13.8 Å². The Balaban J connectivity index is 1.48. The number of aryl methyl sites for hydroxylation is 2. The minimum atomic E-state index is -0.335. The van der Waals surface area contributed by atoms with E-state index in [1.807, 2.05) is 56.3 Å². The summed E-state index contributed by atoms with van der Waals surface area (Å²) in [5.74, 6) is 1.23. The molecule has 5 rings (SSSR count). The molecule has 2 aromatic carbocycles. The molecule has 2 aromatic heterocycles. The van der Waals surface area contributed by atoms with Gasteiger partial charge in [0.05, 0.1) is 12.0 Å². The molecule has 7 nitrogen and oxygen atoms in total. The fraction of sp³-hybridized carbons (Fsp3) is 0.172. The van der Waals surface area contributed by atoms with E-state index < -0.39 is 0 Å². The fourth-order valence-electron chi connectivity index (χ4n) is 4.24. The number of carbonyl (C=O) groups excluding carboxylic acids is 1. The van der Waals surface area contributed by atoms with E-state index in [9.17, 15) is 9.59 Å². The van der Waals surface area contributed by atoms with Crippen LogP contribution in [0.15, 0.2) is 76.6 Å². The zero-order valence-corrected chi connectivity index (χ0v) is 22.8. The lowest BCUT2D eigenvalue weighted by atomic mass is 10.1. The van der Waals surface area contributed by atoms with Crippen molar-refractivity contribution in [2.24, 2.45) is 0 Å². The second-order valence-corrected chi connectivity index (χ2v) is 10.6. The Kier molecular flexibility index (Phi) is 7.31. The summed E-state index contributed by atoms with van der Waals surface area (Å²) >= 11 is 6.69. The van der Waals surface area contributed by atoms with E-state index >= 15 is 0 Å². The number of nitrogens with zero attached hydrogens (tertiary/aromatic N) is 3. The van der Waals surface area contributed by atoms with Crippen LogP contribution < -0.4 is 15.0 Å². The summed E-state index contributed by atoms with van der Waals surface area (Å²) in [5.41, 5.74) is 3.40. The lowest BCUT2D eigenvalue weighted by molar-refractivity contribution is -0.122. The molecular formula is C29H25N3O4S2. The third-order valence-corrected chi connectivity index (χ3v) is 7.45. The van der Waals surface area contributed by atoms with E-state index in [-0.39, 0.29) is 22.9 Å². The summed E-state index contributed by atoms with van der Waals surface area (Å²) in [7, 11) is 1.62. The average molecular weight is 544 g/mol. The number of pyridine rings is 1. The van der Waals surface area contributed by atoms with Crippen LogP contribution in [-0.4, -0.2) is 38.2 Å². The Morgan fingerprint density at radius 3 is 2.45 bits per heavy atom. The third kappa shape index (κ3) is 5.34. The van der Waals surface area contributed by atoms with E-state index in [0.717, 1.165) is 22.4 Å². The van der Waals surface area contributed by atoms with Crippen molar-refractivity contribution < 1.29 is 14.3 Å². The molecule has 0 bridgehead atoms. The van der Waals surface area contributed by atoms with Gasteiger partial charge in [-0.1, -0.05) is 48.2 Å². The van der Waals surface area contributed by atoms with Gasteiger partial charge >= 0.3 is 0 Å². The lowest BCUT2D eigenvalue weighted by Crippen LogP contribution is -2.30. The largest absolute Gasteiger partial charge is 0.497 e. The van der Waals surface area contributed by atoms with Crippen molar-refractivity contribution in [2.75, 3.05) is 13.7 Å². The molecule has 0 radical (unpaired) electrons. The highest BCUT2D eigenvalue weighted by atomic mass is 32.2. The summed E-state index contributed by atoms with van der Waals surface area (Å²) < 4.78 is 13.2. The molecule has 0 unspecified atom stereocenters. The number of benzene rings is 2. The summed E-state index contributed by atoms with van der Waals surface area (Å²) in [6.07, 6.45) is 3.81. The topological polar surface area (TPSA) is 73.1 Å². The molecule has 0 aliphatic carbocycles. The standard InChI is InChI=1S/C29H25N3O4S2/c1-18-14-19(2)16-22(15-18)36-26-23(27(33)31-12-5-4-6-25(31)30-26)17-24-28(34)32(29(37)38-24)13-11-20-7-9-21(35-3)10-8-20/h4-10,12,14-17H,11,13H2,1-3H3/b24-17+. The van der Waals surface area contributed by atoms with Crippen molar-refractivity contribution in [3.8, 4) is 17.4 Å². The van der Waals surface area contributed by atoms with Gasteiger partial charge in [-0.15, -0.1) is 0 Å². The Bertz CT molecular complexity index is 1620. The van der Waals surface area contributed by atoms with E-state index in [0.29, 0.717) is 33.6 Å². The van der Waals surface area contributed by atoms with Crippen LogP contribution in [0.4, 0.5) is 0 Å². The monoisotopic (exact) mass is 543 g/mol. The third-order valence-electron chi connectivity index (χ3n) is 6.08. The molecule has 1 aliphatic heterocycles. The van der Waals surface area contributed by atoms with Crippen LogP contribution in [-0.2, 0) is 11.2 Å². The predicted molar refractivity (Wildman–Crippen MR) is 154 cm³/mol. The average Bonchev–Trinajstić information content (AvgIpc) is 3.16. The molecule has 0 saturated carbocycles. The van der Waals surface area contributed by atoms with Gasteiger partial charge in [0.1, 0.15) is 27.0 Å². The number of aromatic nitrogens is 2. The number of ether oxygens (including phenoxy) is 2. The molecule has 38 heavy (non-hydrogen) atoms. The fourth-order valence-corrected chi connectivity index (χ4v) is 5.53. The number of amides is 1. The maximum Gasteiger partial charge on any atom is 0.269 e. The first-order chi connectivity index (χ1) is 18.3. The molecule has 1 aliphatic rings. The van der Waals surface area contributed by atoms with Crippen molar-refractivity contribution in [1.29, 1.82) is 0 Å². The highest BCUT2D eigenvalue weighted by Gasteiger charge is 2.32. The summed E-state index contributed by atoms with van der Waals surface area (Å²) in [5, 5.41) is 0. The molecule has 0 N–H and O–H groups in total. The number of hydrogen-bond donors (Lipinski definition) is 0. The Morgan fingerprint density at radius 2 is 1.74 bits per heavy atom. The first-order valence-corrected chi connectivity index (χ1v) is 13.2. The maximum atomic E-state index is 13.5. The van der Waals surface area contributed by atoms with Gasteiger partial charge < -0.3 is 9.47 Å². The molecule has 3 heterocycles. The molecule has 1 amide bonds. The number of fused-ring (bicyclic) bond motifs is 1. The number of methoxy groups -OCH3 is 1. The number of carbonyl (C=O) groups is 1. The molecule has 4 aromatic rings. The Labute approximate surface area is 229 Å². The summed E-state index contributed by atoms with van der Waals surface area (Å²) in [4.78, 5) is 33.4. The molecule has 9 heteroatoms. The van der Waals surface area contributed by atoms with Gasteiger partial charge in [-0.05, 0) is 79.4 Å². The minimum Gasteiger partial charge on any atom is -0.497 e. The van der Waals surface area contributed by atoms with Gasteiger partial charge in [-0.25, -0.2) is 0 Å². The minimum absolute atomic E-state index is 0.134. The van der Waals surface area contributed by atoms with Gasteiger partial charge in [-0.2, -0.15) is 4.98 Å². The smallest absolute Gasteiger partial charge is 0.269 e. The summed E-state index contributed by atoms with van der Waals surface area (Å²) in [6.45, 7) is 4.37. The van der Waals surface area contributed by atoms with Crippen molar-refractivity contribution in [2.45, 2.75) is 20.3 Å². The predicted octanol–water partition coefficient (Wildman–Crippen LogP) is 5.56. The first kappa shape index (κ1) is 25.7. The quantitative estimate of drug-likeness (QED) is 0.223. The van der Waals surface area contributed by atoms with Gasteiger partial charge in [0, 0.05) is 12.7 Å². The van der Waals surface area contributed by atoms with Gasteiger partial charge in [0.25, 0.3) is 11.5 Å². The van der Waals surface area contributed by atoms with Gasteiger partial charge in [0.15, 0.2) is 0 Å². The van der Waals surface area contributed by atoms with E-state index in [2.05, 4.69) is 4.98 Å². The number of thiocarbonyl (C=S) groups is 1. The first-order valence-electron chi connectivity index (χ1n) is 12.0. The van der Waals surface area contributed by atoms with Crippen molar-refractivity contribution in [3.05, 3.63) is 104 Å². The van der Waals surface area contributed by atoms with Crippen LogP contribution in [0.1, 0.15) is 22.3 Å². The second kappa shape index (κ2) is 10.8. The zero-order chi connectivity index (χ0) is 26.8. The van der Waals surface area contributed by atoms with Crippen LogP contribution in [0.25, 0.3) is 11.7 Å². The highest BCUT2D eigenvalue weighted by Crippen LogP contribution is 2.34. The Hall–Kier alpha value is -3.95. The van der Waals surface area contributed by atoms with Crippen molar-refractivity contribution in [3.63, 3.8) is 0 Å². The van der Waals surface area contributed by atoms with Crippen LogP contribution >= 0.6 is 24.0 Å². The number of thioether (sulfide) groups is 1. The van der Waals surface area contributed by atoms with Crippen molar-refractivity contribution >= 4 is 45.9 Å². The molecule has 0 atom stereocenters. The van der Waals surface area contributed by atoms with Crippen LogP contribution in [0.5, 0.6) is 17.4 Å². The van der Waals surface area contributed by atoms with Crippen molar-refractivity contribution in [1.82, 2.24) is 14.3 Å². The zero-order valence-electron chi connectivity index (χ0n) is 21.1. The summed E-state index contributed by atoms with van der Waals surface area (Å²) in [6, 6.07) is 18.8. The van der Waals surface area contributed by atoms with Crippen LogP contribution in [0.2, 0.25) is 0 Å². The molecule has 1 fully saturated rings. The molecule has 192 valence electrons.